The van der Waals surface area contributed by atoms with Crippen LogP contribution in [0.3, 0.4) is 0 Å². The van der Waals surface area contributed by atoms with Crippen molar-refractivity contribution in [1.82, 2.24) is 15.2 Å². The van der Waals surface area contributed by atoms with E-state index in [1.165, 1.54) is 0 Å². The van der Waals surface area contributed by atoms with Crippen LogP contribution in [0.2, 0.25) is 0 Å². The molecule has 0 saturated heterocycles. The lowest BCUT2D eigenvalue weighted by molar-refractivity contribution is 0.399. The Kier molecular flexibility index (Phi) is 2.64. The molecule has 0 aliphatic rings. The number of pyridine rings is 1. The molecule has 0 amide bonds. The van der Waals surface area contributed by atoms with E-state index in [9.17, 15) is 0 Å². The first-order valence-corrected chi connectivity index (χ1v) is 4.59. The molecule has 0 aliphatic carbocycles. The summed E-state index contributed by atoms with van der Waals surface area (Å²) in [6.45, 7) is 0.440. The standard InChI is InChI=1S/C10H12N4O/c1-15-10-8(3-2-4-12-10)9-5-7(6-11)13-14-9/h2-5H,6,11H2,1H3,(H,13,14). The summed E-state index contributed by atoms with van der Waals surface area (Å²) in [5, 5.41) is 6.99. The average Bonchev–Trinajstić information content (AvgIpc) is 2.77. The molecule has 2 aromatic heterocycles. The number of nitrogens with zero attached hydrogens (tertiary/aromatic N) is 2. The normalized spacial score (nSPS) is 10.3. The predicted octanol–water partition coefficient (Wildman–Crippen LogP) is 0.939. The fraction of sp³-hybridized carbons (Fsp3) is 0.200. The second-order valence-corrected chi connectivity index (χ2v) is 3.04. The summed E-state index contributed by atoms with van der Waals surface area (Å²) in [4.78, 5) is 4.10. The summed E-state index contributed by atoms with van der Waals surface area (Å²) in [5.41, 5.74) is 8.03. The molecule has 5 nitrogen and oxygen atoms in total. The third kappa shape index (κ3) is 1.82. The maximum absolute atomic E-state index is 5.49. The third-order valence-corrected chi connectivity index (χ3v) is 2.09. The molecular weight excluding hydrogens is 192 g/mol. The highest BCUT2D eigenvalue weighted by molar-refractivity contribution is 5.64. The van der Waals surface area contributed by atoms with Gasteiger partial charge in [0, 0.05) is 18.4 Å². The van der Waals surface area contributed by atoms with E-state index < -0.39 is 0 Å². The Balaban J connectivity index is 2.44. The summed E-state index contributed by atoms with van der Waals surface area (Å²) < 4.78 is 5.15. The number of rotatable bonds is 3. The highest BCUT2D eigenvalue weighted by Crippen LogP contribution is 2.25. The molecular formula is C10H12N4O. The van der Waals surface area contributed by atoms with E-state index in [1.54, 1.807) is 13.3 Å². The van der Waals surface area contributed by atoms with Crippen LogP contribution in [-0.4, -0.2) is 22.3 Å². The predicted molar refractivity (Wildman–Crippen MR) is 56.3 cm³/mol. The number of nitrogens with two attached hydrogens (primary N) is 1. The lowest BCUT2D eigenvalue weighted by atomic mass is 10.2. The molecule has 0 unspecified atom stereocenters. The summed E-state index contributed by atoms with van der Waals surface area (Å²) in [7, 11) is 1.59. The van der Waals surface area contributed by atoms with Crippen molar-refractivity contribution < 1.29 is 4.74 Å². The van der Waals surface area contributed by atoms with Crippen LogP contribution < -0.4 is 10.5 Å². The van der Waals surface area contributed by atoms with Crippen molar-refractivity contribution in [2.24, 2.45) is 5.73 Å². The zero-order valence-electron chi connectivity index (χ0n) is 8.40. The number of aromatic nitrogens is 3. The lowest BCUT2D eigenvalue weighted by Crippen LogP contribution is -1.95. The smallest absolute Gasteiger partial charge is 0.222 e. The zero-order chi connectivity index (χ0) is 10.7. The number of ether oxygens (including phenoxy) is 1. The monoisotopic (exact) mass is 204 g/mol. The Hall–Kier alpha value is -1.88. The SMILES string of the molecule is COc1ncccc1-c1cc(CN)[nH]n1. The van der Waals surface area contributed by atoms with Crippen molar-refractivity contribution in [3.05, 3.63) is 30.1 Å². The van der Waals surface area contributed by atoms with Crippen molar-refractivity contribution in [3.8, 4) is 17.1 Å². The Bertz CT molecular complexity index is 452. The molecule has 0 fully saturated rings. The summed E-state index contributed by atoms with van der Waals surface area (Å²) in [6, 6.07) is 5.64. The second kappa shape index (κ2) is 4.10. The molecule has 0 spiro atoms. The van der Waals surface area contributed by atoms with Crippen molar-refractivity contribution in [1.29, 1.82) is 0 Å². The van der Waals surface area contributed by atoms with Gasteiger partial charge in [-0.1, -0.05) is 0 Å². The Morgan fingerprint density at radius 1 is 1.53 bits per heavy atom. The summed E-state index contributed by atoms with van der Waals surface area (Å²) in [5.74, 6) is 0.563. The van der Waals surface area contributed by atoms with Crippen LogP contribution in [-0.2, 0) is 6.54 Å². The van der Waals surface area contributed by atoms with Crippen LogP contribution in [0.1, 0.15) is 5.69 Å². The lowest BCUT2D eigenvalue weighted by Gasteiger charge is -2.02. The number of hydrogen-bond donors (Lipinski definition) is 2. The zero-order valence-corrected chi connectivity index (χ0v) is 8.40. The minimum absolute atomic E-state index is 0.440. The van der Waals surface area contributed by atoms with E-state index in [4.69, 9.17) is 10.5 Å². The van der Waals surface area contributed by atoms with Crippen molar-refractivity contribution in [2.45, 2.75) is 6.54 Å². The Labute approximate surface area is 87.3 Å². The van der Waals surface area contributed by atoms with Crippen molar-refractivity contribution in [2.75, 3.05) is 7.11 Å². The van der Waals surface area contributed by atoms with Gasteiger partial charge in [-0.05, 0) is 18.2 Å². The minimum Gasteiger partial charge on any atom is -0.481 e. The first kappa shape index (κ1) is 9.67. The van der Waals surface area contributed by atoms with Gasteiger partial charge < -0.3 is 10.5 Å². The molecule has 2 aromatic rings. The van der Waals surface area contributed by atoms with Gasteiger partial charge in [0.05, 0.1) is 18.4 Å². The van der Waals surface area contributed by atoms with Gasteiger partial charge in [-0.2, -0.15) is 5.10 Å². The van der Waals surface area contributed by atoms with Crippen LogP contribution in [0.5, 0.6) is 5.88 Å². The molecule has 0 aromatic carbocycles. The summed E-state index contributed by atoms with van der Waals surface area (Å²) in [6.07, 6.45) is 1.68. The maximum Gasteiger partial charge on any atom is 0.222 e. The van der Waals surface area contributed by atoms with E-state index in [2.05, 4.69) is 15.2 Å². The first-order valence-electron chi connectivity index (χ1n) is 4.59. The molecule has 0 saturated carbocycles. The van der Waals surface area contributed by atoms with Gasteiger partial charge in [-0.15, -0.1) is 0 Å². The van der Waals surface area contributed by atoms with Crippen LogP contribution >= 0.6 is 0 Å². The molecule has 2 heterocycles. The average molecular weight is 204 g/mol. The fourth-order valence-corrected chi connectivity index (χ4v) is 1.35. The largest absolute Gasteiger partial charge is 0.481 e. The molecule has 3 N–H and O–H groups in total. The summed E-state index contributed by atoms with van der Waals surface area (Å²) >= 11 is 0. The van der Waals surface area contributed by atoms with E-state index >= 15 is 0 Å². The van der Waals surface area contributed by atoms with Gasteiger partial charge in [0.15, 0.2) is 0 Å². The Morgan fingerprint density at radius 3 is 3.07 bits per heavy atom. The van der Waals surface area contributed by atoms with Crippen LogP contribution in [0, 0.1) is 0 Å². The molecule has 78 valence electrons. The molecule has 0 aliphatic heterocycles. The first-order chi connectivity index (χ1) is 7.35. The number of H-pyrrole nitrogens is 1. The van der Waals surface area contributed by atoms with Gasteiger partial charge in [0.25, 0.3) is 0 Å². The van der Waals surface area contributed by atoms with Gasteiger partial charge in [0.2, 0.25) is 5.88 Å². The highest BCUT2D eigenvalue weighted by Gasteiger charge is 2.09. The topological polar surface area (TPSA) is 76.8 Å². The second-order valence-electron chi connectivity index (χ2n) is 3.04. The van der Waals surface area contributed by atoms with E-state index in [1.807, 2.05) is 18.2 Å². The molecule has 2 rings (SSSR count). The van der Waals surface area contributed by atoms with E-state index in [-0.39, 0.29) is 0 Å². The number of methoxy groups -OCH3 is 1. The fourth-order valence-electron chi connectivity index (χ4n) is 1.35. The number of aromatic amines is 1. The van der Waals surface area contributed by atoms with E-state index in [0.717, 1.165) is 17.0 Å². The van der Waals surface area contributed by atoms with Gasteiger partial charge in [-0.3, -0.25) is 5.10 Å². The molecule has 0 radical (unpaired) electrons. The molecule has 0 bridgehead atoms. The molecule has 0 atom stereocenters. The van der Waals surface area contributed by atoms with Crippen molar-refractivity contribution in [3.63, 3.8) is 0 Å². The molecule has 5 heteroatoms. The van der Waals surface area contributed by atoms with Crippen LogP contribution in [0.15, 0.2) is 24.4 Å². The van der Waals surface area contributed by atoms with Crippen LogP contribution in [0.25, 0.3) is 11.3 Å². The Morgan fingerprint density at radius 2 is 2.40 bits per heavy atom. The number of hydrogen-bond acceptors (Lipinski definition) is 4. The highest BCUT2D eigenvalue weighted by atomic mass is 16.5. The van der Waals surface area contributed by atoms with Crippen molar-refractivity contribution >= 4 is 0 Å². The van der Waals surface area contributed by atoms with Gasteiger partial charge in [0.1, 0.15) is 0 Å². The number of nitrogens with one attached hydrogen (secondary N) is 1. The van der Waals surface area contributed by atoms with Gasteiger partial charge >= 0.3 is 0 Å². The van der Waals surface area contributed by atoms with Gasteiger partial charge in [-0.25, -0.2) is 4.98 Å². The molecule has 15 heavy (non-hydrogen) atoms. The minimum atomic E-state index is 0.440. The third-order valence-electron chi connectivity index (χ3n) is 2.09. The van der Waals surface area contributed by atoms with Crippen LogP contribution in [0.4, 0.5) is 0 Å². The quantitative estimate of drug-likeness (QED) is 0.780. The van der Waals surface area contributed by atoms with E-state index in [0.29, 0.717) is 12.4 Å². The maximum atomic E-state index is 5.49.